The molecule has 0 saturated heterocycles. The average Bonchev–Trinajstić information content (AvgIpc) is 2.73. The quantitative estimate of drug-likeness (QED) is 0.418. The van der Waals surface area contributed by atoms with Gasteiger partial charge in [-0.25, -0.2) is 9.87 Å². The van der Waals surface area contributed by atoms with Gasteiger partial charge in [-0.3, -0.25) is 10.0 Å². The second kappa shape index (κ2) is 8.70. The van der Waals surface area contributed by atoms with Crippen LogP contribution < -0.4 is 10.2 Å². The first-order valence-corrected chi connectivity index (χ1v) is 10.2. The molecular formula is C19H20FN3O5S. The lowest BCUT2D eigenvalue weighted by molar-refractivity contribution is -0.131. The number of benzene rings is 2. The van der Waals surface area contributed by atoms with E-state index in [9.17, 15) is 22.7 Å². The van der Waals surface area contributed by atoms with E-state index >= 15 is 0 Å². The summed E-state index contributed by atoms with van der Waals surface area (Å²) < 4.78 is 42.1. The van der Waals surface area contributed by atoms with Gasteiger partial charge in [-0.05, 0) is 47.4 Å². The maximum atomic E-state index is 13.1. The third kappa shape index (κ3) is 4.98. The summed E-state index contributed by atoms with van der Waals surface area (Å²) in [7, 11) is -4.06. The van der Waals surface area contributed by atoms with Crippen LogP contribution in [0.15, 0.2) is 54.6 Å². The highest BCUT2D eigenvalue weighted by Gasteiger charge is 2.31. The predicted molar refractivity (Wildman–Crippen MR) is 103 cm³/mol. The summed E-state index contributed by atoms with van der Waals surface area (Å²) in [5.41, 5.74) is 3.42. The third-order valence-electron chi connectivity index (χ3n) is 4.59. The van der Waals surface area contributed by atoms with E-state index in [0.717, 1.165) is 15.4 Å². The molecule has 1 heterocycles. The summed E-state index contributed by atoms with van der Waals surface area (Å²) in [6.07, 6.45) is 2.15. The van der Waals surface area contributed by atoms with Gasteiger partial charge < -0.3 is 5.11 Å². The number of phenols is 1. The number of halogens is 1. The van der Waals surface area contributed by atoms with Crippen molar-refractivity contribution >= 4 is 21.7 Å². The third-order valence-corrected chi connectivity index (χ3v) is 6.14. The number of aromatic hydroxyl groups is 1. The largest absolute Gasteiger partial charge is 0.508 e. The van der Waals surface area contributed by atoms with Gasteiger partial charge in [0.2, 0.25) is 0 Å². The van der Waals surface area contributed by atoms with Crippen LogP contribution in [0.4, 0.5) is 4.39 Å². The Bertz CT molecular complexity index is 1010. The van der Waals surface area contributed by atoms with Gasteiger partial charge in [0.25, 0.3) is 16.1 Å². The Balaban J connectivity index is 1.76. The van der Waals surface area contributed by atoms with Crippen LogP contribution in [0, 0.1) is 5.82 Å². The first-order chi connectivity index (χ1) is 13.8. The fourth-order valence-electron chi connectivity index (χ4n) is 3.02. The molecule has 1 aliphatic rings. The summed E-state index contributed by atoms with van der Waals surface area (Å²) in [6, 6.07) is 9.94. The molecule has 1 unspecified atom stereocenters. The monoisotopic (exact) mass is 421 g/mol. The van der Waals surface area contributed by atoms with Crippen LogP contribution in [0.25, 0.3) is 5.57 Å². The van der Waals surface area contributed by atoms with Crippen molar-refractivity contribution in [1.29, 1.82) is 0 Å². The molecule has 0 aliphatic carbocycles. The molecule has 10 heteroatoms. The first kappa shape index (κ1) is 20.9. The summed E-state index contributed by atoms with van der Waals surface area (Å²) >= 11 is 0. The van der Waals surface area contributed by atoms with E-state index in [2.05, 4.69) is 4.72 Å². The van der Waals surface area contributed by atoms with E-state index < -0.39 is 22.2 Å². The van der Waals surface area contributed by atoms with Gasteiger partial charge in [0.1, 0.15) is 17.6 Å². The van der Waals surface area contributed by atoms with Crippen molar-refractivity contribution in [2.45, 2.75) is 12.5 Å². The zero-order valence-electron chi connectivity index (χ0n) is 15.2. The number of hydrogen-bond donors (Lipinski definition) is 4. The van der Waals surface area contributed by atoms with Crippen molar-refractivity contribution in [3.63, 3.8) is 0 Å². The molecule has 0 fully saturated rings. The molecule has 4 N–H and O–H groups in total. The van der Waals surface area contributed by atoms with Crippen molar-refractivity contribution in [1.82, 2.24) is 14.5 Å². The van der Waals surface area contributed by atoms with Crippen LogP contribution in [0.2, 0.25) is 0 Å². The summed E-state index contributed by atoms with van der Waals surface area (Å²) in [6.45, 7) is 0.243. The summed E-state index contributed by atoms with van der Waals surface area (Å²) in [5, 5.41) is 18.4. The lowest BCUT2D eigenvalue weighted by Crippen LogP contribution is -2.47. The van der Waals surface area contributed by atoms with Crippen molar-refractivity contribution in [2.75, 3.05) is 13.1 Å². The molecule has 2 aromatic carbocycles. The maximum absolute atomic E-state index is 13.1. The fraction of sp³-hybridized carbons (Fsp3) is 0.211. The van der Waals surface area contributed by atoms with Crippen molar-refractivity contribution < 1.29 is 27.9 Å². The standard InChI is InChI=1S/C19H20FN3O5S/c20-16-5-1-13(2-6-16)14-9-11-23(12-10-14)29(27,28)22-18(19(25)21-26)15-3-7-17(24)8-4-15/h1-9,18,22,24,26H,10-12H2,(H,21,25). The normalized spacial score (nSPS) is 16.1. The van der Waals surface area contributed by atoms with Gasteiger partial charge in [0, 0.05) is 13.1 Å². The second-order valence-corrected chi connectivity index (χ2v) is 8.17. The molecule has 0 spiro atoms. The second-order valence-electron chi connectivity index (χ2n) is 6.47. The number of hydrogen-bond acceptors (Lipinski definition) is 5. The Kier molecular flexibility index (Phi) is 6.28. The molecule has 2 aromatic rings. The molecule has 0 bridgehead atoms. The number of carbonyl (C=O) groups excluding carboxylic acids is 1. The van der Waals surface area contributed by atoms with Gasteiger partial charge >= 0.3 is 0 Å². The zero-order valence-corrected chi connectivity index (χ0v) is 16.1. The zero-order chi connectivity index (χ0) is 21.0. The first-order valence-electron chi connectivity index (χ1n) is 8.75. The van der Waals surface area contributed by atoms with Gasteiger partial charge in [-0.15, -0.1) is 0 Å². The van der Waals surface area contributed by atoms with Crippen LogP contribution in [-0.2, 0) is 15.0 Å². The number of nitrogens with zero attached hydrogens (tertiary/aromatic N) is 1. The molecule has 29 heavy (non-hydrogen) atoms. The molecule has 0 radical (unpaired) electrons. The van der Waals surface area contributed by atoms with Crippen molar-refractivity contribution in [3.8, 4) is 5.75 Å². The van der Waals surface area contributed by atoms with Gasteiger partial charge in [0.05, 0.1) is 0 Å². The van der Waals surface area contributed by atoms with Crippen molar-refractivity contribution in [2.24, 2.45) is 0 Å². The lowest BCUT2D eigenvalue weighted by atomic mass is 10.0. The van der Waals surface area contributed by atoms with E-state index in [0.29, 0.717) is 6.42 Å². The molecule has 3 rings (SSSR count). The molecule has 1 aliphatic heterocycles. The van der Waals surface area contributed by atoms with E-state index in [-0.39, 0.29) is 30.2 Å². The van der Waals surface area contributed by atoms with E-state index in [1.54, 1.807) is 18.2 Å². The van der Waals surface area contributed by atoms with Crippen molar-refractivity contribution in [3.05, 3.63) is 71.6 Å². The molecule has 1 atom stereocenters. The fourth-order valence-corrected chi connectivity index (χ4v) is 4.32. The topological polar surface area (TPSA) is 119 Å². The summed E-state index contributed by atoms with van der Waals surface area (Å²) in [5.74, 6) is -1.35. The summed E-state index contributed by atoms with van der Waals surface area (Å²) in [4.78, 5) is 12.0. The molecule has 154 valence electrons. The van der Waals surface area contributed by atoms with Crippen LogP contribution in [0.3, 0.4) is 0 Å². The van der Waals surface area contributed by atoms with Crippen LogP contribution in [-0.4, -0.2) is 42.0 Å². The Labute approximate surface area is 167 Å². The van der Waals surface area contributed by atoms with Crippen LogP contribution in [0.5, 0.6) is 5.75 Å². The Hall–Kier alpha value is -2.79. The molecule has 0 aromatic heterocycles. The number of carbonyl (C=O) groups is 1. The number of phenolic OH excluding ortho intramolecular Hbond substituents is 1. The van der Waals surface area contributed by atoms with E-state index in [1.165, 1.54) is 41.9 Å². The number of nitrogens with one attached hydrogen (secondary N) is 2. The molecule has 8 nitrogen and oxygen atoms in total. The average molecular weight is 421 g/mol. The van der Waals surface area contributed by atoms with E-state index in [4.69, 9.17) is 5.21 Å². The number of rotatable bonds is 6. The number of hydroxylamine groups is 1. The minimum Gasteiger partial charge on any atom is -0.508 e. The minimum absolute atomic E-state index is 0.0470. The van der Waals surface area contributed by atoms with Crippen LogP contribution in [0.1, 0.15) is 23.6 Å². The van der Waals surface area contributed by atoms with Crippen LogP contribution >= 0.6 is 0 Å². The SMILES string of the molecule is O=C(NO)C(NS(=O)(=O)N1CC=C(c2ccc(F)cc2)CC1)c1ccc(O)cc1. The van der Waals surface area contributed by atoms with Gasteiger partial charge in [-0.1, -0.05) is 30.3 Å². The van der Waals surface area contributed by atoms with E-state index in [1.807, 2.05) is 0 Å². The molecular weight excluding hydrogens is 401 g/mol. The highest BCUT2D eigenvalue weighted by atomic mass is 32.2. The lowest BCUT2D eigenvalue weighted by Gasteiger charge is -2.28. The smallest absolute Gasteiger partial charge is 0.280 e. The van der Waals surface area contributed by atoms with Gasteiger partial charge in [0.15, 0.2) is 0 Å². The predicted octanol–water partition coefficient (Wildman–Crippen LogP) is 1.70. The highest BCUT2D eigenvalue weighted by Crippen LogP contribution is 2.25. The Morgan fingerprint density at radius 1 is 1.10 bits per heavy atom. The number of amides is 1. The molecule has 0 saturated carbocycles. The Morgan fingerprint density at radius 2 is 1.76 bits per heavy atom. The minimum atomic E-state index is -4.06. The maximum Gasteiger partial charge on any atom is 0.280 e. The van der Waals surface area contributed by atoms with Gasteiger partial charge in [-0.2, -0.15) is 17.4 Å². The highest BCUT2D eigenvalue weighted by molar-refractivity contribution is 7.87. The molecule has 1 amide bonds. The Morgan fingerprint density at radius 3 is 2.31 bits per heavy atom.